The largest absolute Gasteiger partial charge is 0.480 e. The first-order chi connectivity index (χ1) is 12.1. The van der Waals surface area contributed by atoms with E-state index in [-0.39, 0.29) is 11.8 Å². The second kappa shape index (κ2) is 6.35. The number of carbonyl (C=O) groups excluding carboxylic acids is 1. The van der Waals surface area contributed by atoms with Crippen LogP contribution in [0.4, 0.5) is 0 Å². The van der Waals surface area contributed by atoms with Gasteiger partial charge in [0.2, 0.25) is 0 Å². The molecule has 1 aliphatic carbocycles. The van der Waals surface area contributed by atoms with Crippen molar-refractivity contribution < 1.29 is 14.7 Å². The van der Waals surface area contributed by atoms with Gasteiger partial charge in [-0.3, -0.25) is 9.48 Å². The summed E-state index contributed by atoms with van der Waals surface area (Å²) >= 11 is 0. The minimum absolute atomic E-state index is 0.112. The maximum Gasteiger partial charge on any atom is 0.326 e. The van der Waals surface area contributed by atoms with E-state index in [4.69, 9.17) is 0 Å². The lowest BCUT2D eigenvalue weighted by atomic mass is 9.94. The highest BCUT2D eigenvalue weighted by molar-refractivity contribution is 5.97. The molecule has 130 valence electrons. The average Bonchev–Trinajstić information content (AvgIpc) is 3.31. The Hall–Kier alpha value is -2.63. The first kappa shape index (κ1) is 15.9. The molecule has 1 saturated carbocycles. The molecule has 6 nitrogen and oxygen atoms in total. The summed E-state index contributed by atoms with van der Waals surface area (Å²) in [6.07, 6.45) is 6.63. The number of aliphatic carboxylic acids is 1. The summed E-state index contributed by atoms with van der Waals surface area (Å²) in [5.74, 6) is -0.602. The van der Waals surface area contributed by atoms with Crippen LogP contribution in [-0.4, -0.2) is 44.3 Å². The van der Waals surface area contributed by atoms with Gasteiger partial charge in [0.25, 0.3) is 5.91 Å². The number of amides is 1. The van der Waals surface area contributed by atoms with E-state index in [1.807, 2.05) is 29.1 Å². The van der Waals surface area contributed by atoms with E-state index < -0.39 is 12.0 Å². The molecular formula is C19H21N3O3. The molecule has 1 saturated heterocycles. The van der Waals surface area contributed by atoms with E-state index in [1.54, 1.807) is 23.2 Å². The fourth-order valence-corrected chi connectivity index (χ4v) is 4.33. The first-order valence-corrected chi connectivity index (χ1v) is 8.73. The molecule has 1 aliphatic heterocycles. The summed E-state index contributed by atoms with van der Waals surface area (Å²) in [6, 6.07) is 8.57. The van der Waals surface area contributed by atoms with Gasteiger partial charge in [-0.15, -0.1) is 0 Å². The molecule has 1 aromatic carbocycles. The summed E-state index contributed by atoms with van der Waals surface area (Å²) in [7, 11) is 0. The van der Waals surface area contributed by atoms with Crippen molar-refractivity contribution in [2.45, 2.75) is 31.8 Å². The quantitative estimate of drug-likeness (QED) is 0.927. The molecule has 4 rings (SSSR count). The Kier molecular flexibility index (Phi) is 4.03. The number of nitrogens with zero attached hydrogens (tertiary/aromatic N) is 3. The monoisotopic (exact) mass is 339 g/mol. The predicted octanol–water partition coefficient (Wildman–Crippen LogP) is 2.26. The van der Waals surface area contributed by atoms with Crippen molar-refractivity contribution in [2.75, 3.05) is 6.54 Å². The van der Waals surface area contributed by atoms with Crippen LogP contribution < -0.4 is 0 Å². The Morgan fingerprint density at radius 1 is 1.20 bits per heavy atom. The Bertz CT molecular complexity index is 770. The van der Waals surface area contributed by atoms with Gasteiger partial charge in [0.1, 0.15) is 6.04 Å². The fourth-order valence-electron chi connectivity index (χ4n) is 4.33. The highest BCUT2D eigenvalue weighted by atomic mass is 16.4. The van der Waals surface area contributed by atoms with E-state index in [2.05, 4.69) is 5.10 Å². The molecule has 0 radical (unpaired) electrons. The van der Waals surface area contributed by atoms with Crippen LogP contribution in [0.25, 0.3) is 0 Å². The molecule has 3 unspecified atom stereocenters. The van der Waals surface area contributed by atoms with Crippen LogP contribution in [0.15, 0.2) is 42.7 Å². The summed E-state index contributed by atoms with van der Waals surface area (Å²) in [6.45, 7) is 1.21. The van der Waals surface area contributed by atoms with Gasteiger partial charge in [-0.2, -0.15) is 5.10 Å². The van der Waals surface area contributed by atoms with Crippen molar-refractivity contribution in [3.63, 3.8) is 0 Å². The third-order valence-corrected chi connectivity index (χ3v) is 5.51. The SMILES string of the molecule is O=C(O)C1C2CCCC2CN1C(=O)c1ccc(Cn2cccn2)cc1. The van der Waals surface area contributed by atoms with Crippen LogP contribution >= 0.6 is 0 Å². The smallest absolute Gasteiger partial charge is 0.326 e. The number of rotatable bonds is 4. The average molecular weight is 339 g/mol. The van der Waals surface area contributed by atoms with Crippen LogP contribution in [0.3, 0.4) is 0 Å². The van der Waals surface area contributed by atoms with Crippen LogP contribution in [-0.2, 0) is 11.3 Å². The summed E-state index contributed by atoms with van der Waals surface area (Å²) < 4.78 is 1.82. The Balaban J connectivity index is 1.51. The molecule has 2 aliphatic rings. The fraction of sp³-hybridized carbons (Fsp3) is 0.421. The van der Waals surface area contributed by atoms with Gasteiger partial charge >= 0.3 is 5.97 Å². The molecule has 2 aromatic rings. The van der Waals surface area contributed by atoms with Crippen molar-refractivity contribution in [3.05, 3.63) is 53.9 Å². The zero-order valence-electron chi connectivity index (χ0n) is 13.9. The third kappa shape index (κ3) is 2.92. The van der Waals surface area contributed by atoms with Gasteiger partial charge in [-0.25, -0.2) is 4.79 Å². The predicted molar refractivity (Wildman–Crippen MR) is 91.1 cm³/mol. The molecule has 3 atom stereocenters. The van der Waals surface area contributed by atoms with E-state index in [0.717, 1.165) is 24.8 Å². The topological polar surface area (TPSA) is 75.4 Å². The van der Waals surface area contributed by atoms with Gasteiger partial charge in [0.15, 0.2) is 0 Å². The highest BCUT2D eigenvalue weighted by Crippen LogP contribution is 2.42. The molecule has 1 aromatic heterocycles. The van der Waals surface area contributed by atoms with Crippen molar-refractivity contribution in [3.8, 4) is 0 Å². The molecule has 1 amide bonds. The van der Waals surface area contributed by atoms with Crippen molar-refractivity contribution in [2.24, 2.45) is 11.8 Å². The van der Waals surface area contributed by atoms with Gasteiger partial charge < -0.3 is 10.0 Å². The Morgan fingerprint density at radius 2 is 2.00 bits per heavy atom. The molecule has 0 bridgehead atoms. The maximum absolute atomic E-state index is 12.9. The lowest BCUT2D eigenvalue weighted by molar-refractivity contribution is -0.142. The molecule has 6 heteroatoms. The molecule has 25 heavy (non-hydrogen) atoms. The van der Waals surface area contributed by atoms with Gasteiger partial charge in [-0.1, -0.05) is 18.6 Å². The van der Waals surface area contributed by atoms with Crippen molar-refractivity contribution in [1.29, 1.82) is 0 Å². The first-order valence-electron chi connectivity index (χ1n) is 8.73. The van der Waals surface area contributed by atoms with Crippen LogP contribution in [0.5, 0.6) is 0 Å². The molecular weight excluding hydrogens is 318 g/mol. The number of carbonyl (C=O) groups is 2. The van der Waals surface area contributed by atoms with Crippen molar-refractivity contribution in [1.82, 2.24) is 14.7 Å². The highest BCUT2D eigenvalue weighted by Gasteiger charge is 2.49. The Labute approximate surface area is 146 Å². The van der Waals surface area contributed by atoms with Crippen LogP contribution in [0.1, 0.15) is 35.2 Å². The second-order valence-electron chi connectivity index (χ2n) is 7.00. The zero-order chi connectivity index (χ0) is 17.4. The second-order valence-corrected chi connectivity index (χ2v) is 7.00. The number of aromatic nitrogens is 2. The van der Waals surface area contributed by atoms with Gasteiger partial charge in [0, 0.05) is 24.5 Å². The number of carboxylic acid groups (broad SMARTS) is 1. The van der Waals surface area contributed by atoms with E-state index in [9.17, 15) is 14.7 Å². The standard InChI is InChI=1S/C19H21N3O3/c23-18(22-12-15-3-1-4-16(15)17(22)19(24)25)14-7-5-13(6-8-14)11-21-10-2-9-20-21/h2,5-10,15-17H,1,3-4,11-12H2,(H,24,25). The van der Waals surface area contributed by atoms with Crippen LogP contribution in [0.2, 0.25) is 0 Å². The molecule has 2 heterocycles. The zero-order valence-corrected chi connectivity index (χ0v) is 13.9. The number of hydrogen-bond donors (Lipinski definition) is 1. The number of fused-ring (bicyclic) bond motifs is 1. The lowest BCUT2D eigenvalue weighted by Gasteiger charge is -2.24. The van der Waals surface area contributed by atoms with Crippen LogP contribution in [0, 0.1) is 11.8 Å². The summed E-state index contributed by atoms with van der Waals surface area (Å²) in [4.78, 5) is 26.2. The maximum atomic E-state index is 12.9. The molecule has 0 spiro atoms. The van der Waals surface area contributed by atoms with E-state index >= 15 is 0 Å². The minimum Gasteiger partial charge on any atom is -0.480 e. The summed E-state index contributed by atoms with van der Waals surface area (Å²) in [5.41, 5.74) is 1.60. The number of hydrogen-bond acceptors (Lipinski definition) is 3. The number of likely N-dealkylation sites (tertiary alicyclic amines) is 1. The van der Waals surface area contributed by atoms with Crippen molar-refractivity contribution >= 4 is 11.9 Å². The third-order valence-electron chi connectivity index (χ3n) is 5.51. The molecule has 2 fully saturated rings. The Morgan fingerprint density at radius 3 is 2.68 bits per heavy atom. The lowest BCUT2D eigenvalue weighted by Crippen LogP contribution is -2.43. The number of carboxylic acids is 1. The normalized spacial score (nSPS) is 25.1. The van der Waals surface area contributed by atoms with Gasteiger partial charge in [0.05, 0.1) is 6.54 Å². The van der Waals surface area contributed by atoms with Gasteiger partial charge in [-0.05, 0) is 48.4 Å². The minimum atomic E-state index is -0.877. The molecule has 1 N–H and O–H groups in total. The van der Waals surface area contributed by atoms with E-state index in [1.165, 1.54) is 0 Å². The number of benzene rings is 1. The van der Waals surface area contributed by atoms with E-state index in [0.29, 0.717) is 24.6 Å². The summed E-state index contributed by atoms with van der Waals surface area (Å²) in [5, 5.41) is 13.8.